The van der Waals surface area contributed by atoms with Gasteiger partial charge in [0.2, 0.25) is 11.8 Å². The van der Waals surface area contributed by atoms with E-state index in [1.54, 1.807) is 4.68 Å². The molecule has 0 aromatic carbocycles. The van der Waals surface area contributed by atoms with Gasteiger partial charge in [0.1, 0.15) is 5.82 Å². The molecule has 6 nitrogen and oxygen atoms in total. The highest BCUT2D eigenvalue weighted by Gasteiger charge is 2.32. The molecule has 138 valence electrons. The quantitative estimate of drug-likeness (QED) is 0.911. The van der Waals surface area contributed by atoms with Crippen molar-refractivity contribution < 1.29 is 9.59 Å². The number of hydrogen-bond acceptors (Lipinski definition) is 3. The van der Waals surface area contributed by atoms with Crippen molar-refractivity contribution >= 4 is 17.6 Å². The van der Waals surface area contributed by atoms with Crippen LogP contribution in [0.4, 0.5) is 5.82 Å². The molecule has 0 atom stereocenters. The monoisotopic (exact) mass is 346 g/mol. The summed E-state index contributed by atoms with van der Waals surface area (Å²) in [5.41, 5.74) is 2.07. The normalized spacial score (nSPS) is 19.4. The lowest BCUT2D eigenvalue weighted by Crippen LogP contribution is -2.43. The predicted octanol–water partition coefficient (Wildman–Crippen LogP) is 2.66. The van der Waals surface area contributed by atoms with Gasteiger partial charge in [0, 0.05) is 37.5 Å². The van der Waals surface area contributed by atoms with Crippen LogP contribution in [0.25, 0.3) is 0 Å². The second kappa shape index (κ2) is 7.58. The minimum Gasteiger partial charge on any atom is -0.342 e. The van der Waals surface area contributed by atoms with Crippen LogP contribution in [-0.2, 0) is 23.1 Å². The molecule has 1 aromatic rings. The number of aromatic nitrogens is 2. The molecule has 0 radical (unpaired) electrons. The summed E-state index contributed by atoms with van der Waals surface area (Å²) in [6.45, 7) is 5.46. The van der Waals surface area contributed by atoms with Gasteiger partial charge in [0.15, 0.2) is 0 Å². The number of carbonyl (C=O) groups is 2. The summed E-state index contributed by atoms with van der Waals surface area (Å²) in [4.78, 5) is 27.2. The van der Waals surface area contributed by atoms with Gasteiger partial charge >= 0.3 is 0 Å². The Morgan fingerprint density at radius 1 is 1.12 bits per heavy atom. The van der Waals surface area contributed by atoms with E-state index in [1.807, 2.05) is 18.9 Å². The highest BCUT2D eigenvalue weighted by atomic mass is 16.2. The number of anilines is 1. The van der Waals surface area contributed by atoms with E-state index in [4.69, 9.17) is 0 Å². The highest BCUT2D eigenvalue weighted by Crippen LogP contribution is 2.29. The van der Waals surface area contributed by atoms with Crippen molar-refractivity contribution in [3.05, 3.63) is 11.3 Å². The number of hydrogen-bond donors (Lipinski definition) is 1. The van der Waals surface area contributed by atoms with Gasteiger partial charge in [-0.3, -0.25) is 14.3 Å². The first-order chi connectivity index (χ1) is 12.0. The minimum absolute atomic E-state index is 0.0208. The van der Waals surface area contributed by atoms with Crippen LogP contribution in [0.15, 0.2) is 0 Å². The minimum atomic E-state index is -0.0208. The Bertz CT molecular complexity index is 638. The lowest BCUT2D eigenvalue weighted by atomic mass is 9.94. The third kappa shape index (κ3) is 3.72. The number of aryl methyl sites for hydroxylation is 2. The SMILES string of the molecule is CCc1c(C)nn(C)c1NC(=O)C1CCN(C(=O)C2CCCC2)CC1. The van der Waals surface area contributed by atoms with Crippen LogP contribution in [0.1, 0.15) is 56.7 Å². The number of nitrogens with one attached hydrogen (secondary N) is 1. The number of rotatable bonds is 4. The van der Waals surface area contributed by atoms with Crippen LogP contribution >= 0.6 is 0 Å². The molecule has 2 aliphatic rings. The number of amides is 2. The van der Waals surface area contributed by atoms with E-state index < -0.39 is 0 Å². The maximum absolute atomic E-state index is 12.7. The van der Waals surface area contributed by atoms with Gasteiger partial charge in [-0.1, -0.05) is 19.8 Å². The van der Waals surface area contributed by atoms with Crippen molar-refractivity contribution in [1.82, 2.24) is 14.7 Å². The molecule has 1 saturated heterocycles. The molecule has 2 heterocycles. The molecule has 1 aliphatic heterocycles. The van der Waals surface area contributed by atoms with Gasteiger partial charge in [0.05, 0.1) is 5.69 Å². The van der Waals surface area contributed by atoms with Gasteiger partial charge in [-0.05, 0) is 39.0 Å². The Labute approximate surface area is 149 Å². The zero-order chi connectivity index (χ0) is 18.0. The van der Waals surface area contributed by atoms with E-state index in [0.717, 1.165) is 49.2 Å². The zero-order valence-electron chi connectivity index (χ0n) is 15.7. The smallest absolute Gasteiger partial charge is 0.228 e. The van der Waals surface area contributed by atoms with Crippen molar-refractivity contribution in [3.8, 4) is 0 Å². The van der Waals surface area contributed by atoms with E-state index in [2.05, 4.69) is 17.3 Å². The van der Waals surface area contributed by atoms with Crippen LogP contribution in [0.5, 0.6) is 0 Å². The van der Waals surface area contributed by atoms with Gasteiger partial charge in [-0.15, -0.1) is 0 Å². The average Bonchev–Trinajstić information content (AvgIpc) is 3.23. The molecule has 3 rings (SSSR count). The fourth-order valence-corrected chi connectivity index (χ4v) is 4.29. The molecule has 2 fully saturated rings. The lowest BCUT2D eigenvalue weighted by Gasteiger charge is -2.33. The Morgan fingerprint density at radius 3 is 2.36 bits per heavy atom. The number of piperidine rings is 1. The van der Waals surface area contributed by atoms with Crippen LogP contribution < -0.4 is 5.32 Å². The highest BCUT2D eigenvalue weighted by molar-refractivity contribution is 5.92. The van der Waals surface area contributed by atoms with E-state index in [0.29, 0.717) is 19.0 Å². The molecule has 1 N–H and O–H groups in total. The predicted molar refractivity (Wildman–Crippen MR) is 97.2 cm³/mol. The van der Waals surface area contributed by atoms with E-state index in [-0.39, 0.29) is 17.7 Å². The third-order valence-electron chi connectivity index (χ3n) is 5.82. The second-order valence-corrected chi connectivity index (χ2v) is 7.46. The molecule has 1 aromatic heterocycles. The van der Waals surface area contributed by atoms with E-state index >= 15 is 0 Å². The molecule has 0 bridgehead atoms. The Hall–Kier alpha value is -1.85. The maximum Gasteiger partial charge on any atom is 0.228 e. The first kappa shape index (κ1) is 18.0. The zero-order valence-corrected chi connectivity index (χ0v) is 15.7. The number of nitrogens with zero attached hydrogens (tertiary/aromatic N) is 3. The molecule has 6 heteroatoms. The van der Waals surface area contributed by atoms with Gasteiger partial charge in [-0.2, -0.15) is 5.10 Å². The molecule has 1 aliphatic carbocycles. The van der Waals surface area contributed by atoms with Crippen LogP contribution in [0, 0.1) is 18.8 Å². The van der Waals surface area contributed by atoms with Crippen LogP contribution in [0.2, 0.25) is 0 Å². The third-order valence-corrected chi connectivity index (χ3v) is 5.82. The average molecular weight is 346 g/mol. The van der Waals surface area contributed by atoms with Crippen molar-refractivity contribution in [2.45, 2.75) is 58.8 Å². The van der Waals surface area contributed by atoms with E-state index in [1.165, 1.54) is 12.8 Å². The molecule has 0 unspecified atom stereocenters. The molecule has 1 saturated carbocycles. The summed E-state index contributed by atoms with van der Waals surface area (Å²) in [6.07, 6.45) is 6.80. The van der Waals surface area contributed by atoms with Gasteiger partial charge in [0.25, 0.3) is 0 Å². The Morgan fingerprint density at radius 2 is 1.76 bits per heavy atom. The van der Waals surface area contributed by atoms with E-state index in [9.17, 15) is 9.59 Å². The number of carbonyl (C=O) groups excluding carboxylic acids is 2. The first-order valence-corrected chi connectivity index (χ1v) is 9.63. The molecule has 25 heavy (non-hydrogen) atoms. The lowest BCUT2D eigenvalue weighted by molar-refractivity contribution is -0.138. The van der Waals surface area contributed by atoms with Crippen molar-refractivity contribution in [3.63, 3.8) is 0 Å². The molecule has 0 spiro atoms. The molecular formula is C19H30N4O2. The van der Waals surface area contributed by atoms with Crippen LogP contribution in [-0.4, -0.2) is 39.6 Å². The van der Waals surface area contributed by atoms with Crippen molar-refractivity contribution in [2.75, 3.05) is 18.4 Å². The maximum atomic E-state index is 12.7. The summed E-state index contributed by atoms with van der Waals surface area (Å²) in [5.74, 6) is 1.40. The Kier molecular flexibility index (Phi) is 5.45. The summed E-state index contributed by atoms with van der Waals surface area (Å²) in [7, 11) is 1.87. The second-order valence-electron chi connectivity index (χ2n) is 7.46. The van der Waals surface area contributed by atoms with Gasteiger partial charge in [-0.25, -0.2) is 0 Å². The Balaban J connectivity index is 1.56. The summed E-state index contributed by atoms with van der Waals surface area (Å²) in [5, 5.41) is 7.49. The van der Waals surface area contributed by atoms with Crippen molar-refractivity contribution in [1.29, 1.82) is 0 Å². The molecular weight excluding hydrogens is 316 g/mol. The standard InChI is InChI=1S/C19H30N4O2/c1-4-16-13(2)21-22(3)17(16)20-18(24)14-9-11-23(12-10-14)19(25)15-7-5-6-8-15/h14-15H,4-12H2,1-3H3,(H,20,24). The summed E-state index contributed by atoms with van der Waals surface area (Å²) >= 11 is 0. The fraction of sp³-hybridized carbons (Fsp3) is 0.737. The van der Waals surface area contributed by atoms with Crippen LogP contribution in [0.3, 0.4) is 0 Å². The van der Waals surface area contributed by atoms with Gasteiger partial charge < -0.3 is 10.2 Å². The summed E-state index contributed by atoms with van der Waals surface area (Å²) in [6, 6.07) is 0. The largest absolute Gasteiger partial charge is 0.342 e. The number of likely N-dealkylation sites (tertiary alicyclic amines) is 1. The summed E-state index contributed by atoms with van der Waals surface area (Å²) < 4.78 is 1.75. The topological polar surface area (TPSA) is 67.2 Å². The first-order valence-electron chi connectivity index (χ1n) is 9.63. The van der Waals surface area contributed by atoms with Crippen molar-refractivity contribution in [2.24, 2.45) is 18.9 Å². The fourth-order valence-electron chi connectivity index (χ4n) is 4.29. The molecule has 2 amide bonds.